The zero-order valence-corrected chi connectivity index (χ0v) is 11.2. The van der Waals surface area contributed by atoms with Crippen molar-refractivity contribution in [1.82, 2.24) is 5.32 Å². The number of ether oxygens (including phenoxy) is 1. The molecule has 0 aromatic heterocycles. The van der Waals surface area contributed by atoms with Gasteiger partial charge in [-0.1, -0.05) is 6.42 Å². The van der Waals surface area contributed by atoms with Crippen molar-refractivity contribution < 1.29 is 9.84 Å². The molecule has 100 valence electrons. The molecule has 2 N–H and O–H groups in total. The van der Waals surface area contributed by atoms with Crippen LogP contribution in [0.25, 0.3) is 0 Å². The van der Waals surface area contributed by atoms with Gasteiger partial charge in [-0.3, -0.25) is 0 Å². The van der Waals surface area contributed by atoms with Gasteiger partial charge in [0.2, 0.25) is 0 Å². The van der Waals surface area contributed by atoms with E-state index in [1.807, 2.05) is 0 Å². The molecular weight excluding hydrogens is 214 g/mol. The molecule has 2 rings (SSSR count). The molecule has 0 amide bonds. The van der Waals surface area contributed by atoms with Crippen molar-refractivity contribution in [2.45, 2.75) is 70.2 Å². The number of nitrogens with one attached hydrogen (secondary N) is 1. The highest BCUT2D eigenvalue weighted by Gasteiger charge is 2.31. The van der Waals surface area contributed by atoms with Crippen molar-refractivity contribution in [2.24, 2.45) is 5.92 Å². The predicted molar refractivity (Wildman–Crippen MR) is 69.0 cm³/mol. The first kappa shape index (κ1) is 13.3. The highest BCUT2D eigenvalue weighted by molar-refractivity contribution is 4.82. The van der Waals surface area contributed by atoms with Gasteiger partial charge in [-0.25, -0.2) is 0 Å². The van der Waals surface area contributed by atoms with Gasteiger partial charge < -0.3 is 15.2 Å². The summed E-state index contributed by atoms with van der Waals surface area (Å²) in [4.78, 5) is 0. The van der Waals surface area contributed by atoms with E-state index in [0.29, 0.717) is 12.0 Å². The summed E-state index contributed by atoms with van der Waals surface area (Å²) in [7, 11) is 0. The molecule has 3 unspecified atom stereocenters. The largest absolute Gasteiger partial charge is 0.393 e. The molecule has 17 heavy (non-hydrogen) atoms. The van der Waals surface area contributed by atoms with Crippen LogP contribution in [-0.2, 0) is 4.74 Å². The minimum absolute atomic E-state index is 0.0581. The van der Waals surface area contributed by atoms with Crippen LogP contribution in [0.15, 0.2) is 0 Å². The standard InChI is InChI=1S/C14H27NO2/c1-14(2)7-6-13(17-14)10-15-9-11-4-3-5-12(16)8-11/h11-13,15-16H,3-10H2,1-2H3. The first-order valence-electron chi connectivity index (χ1n) is 7.12. The first-order valence-corrected chi connectivity index (χ1v) is 7.12. The Morgan fingerprint density at radius 1 is 1.24 bits per heavy atom. The second kappa shape index (κ2) is 5.68. The minimum atomic E-state index is -0.0581. The van der Waals surface area contributed by atoms with Crippen LogP contribution in [0.5, 0.6) is 0 Å². The summed E-state index contributed by atoms with van der Waals surface area (Å²) in [6.45, 7) is 6.35. The van der Waals surface area contributed by atoms with Gasteiger partial charge in [0.1, 0.15) is 0 Å². The lowest BCUT2D eigenvalue weighted by molar-refractivity contribution is -0.0147. The Morgan fingerprint density at radius 3 is 2.71 bits per heavy atom. The molecule has 0 bridgehead atoms. The Bertz CT molecular complexity index is 240. The molecule has 2 fully saturated rings. The fourth-order valence-corrected chi connectivity index (χ4v) is 3.12. The summed E-state index contributed by atoms with van der Waals surface area (Å²) >= 11 is 0. The summed E-state index contributed by atoms with van der Waals surface area (Å²) in [6.07, 6.45) is 7.09. The molecule has 3 nitrogen and oxygen atoms in total. The number of hydrogen-bond acceptors (Lipinski definition) is 3. The molecule has 1 saturated heterocycles. The van der Waals surface area contributed by atoms with E-state index >= 15 is 0 Å². The van der Waals surface area contributed by atoms with Crippen LogP contribution in [0, 0.1) is 5.92 Å². The summed E-state index contributed by atoms with van der Waals surface area (Å²) in [5.41, 5.74) is 0.0768. The first-order chi connectivity index (χ1) is 8.05. The number of aliphatic hydroxyl groups is 1. The van der Waals surface area contributed by atoms with Crippen LogP contribution in [0.1, 0.15) is 52.4 Å². The third-order valence-electron chi connectivity index (χ3n) is 4.11. The maximum Gasteiger partial charge on any atom is 0.0707 e. The van der Waals surface area contributed by atoms with Crippen LogP contribution >= 0.6 is 0 Å². The lowest BCUT2D eigenvalue weighted by Crippen LogP contribution is -2.34. The number of aliphatic hydroxyl groups excluding tert-OH is 1. The monoisotopic (exact) mass is 241 g/mol. The molecule has 2 aliphatic rings. The molecule has 0 aromatic carbocycles. The number of hydrogen-bond donors (Lipinski definition) is 2. The van der Waals surface area contributed by atoms with Gasteiger partial charge in [-0.05, 0) is 58.4 Å². The van der Waals surface area contributed by atoms with Gasteiger partial charge >= 0.3 is 0 Å². The average molecular weight is 241 g/mol. The van der Waals surface area contributed by atoms with Crippen molar-refractivity contribution in [2.75, 3.05) is 13.1 Å². The third-order valence-corrected chi connectivity index (χ3v) is 4.11. The zero-order chi connectivity index (χ0) is 12.3. The fraction of sp³-hybridized carbons (Fsp3) is 1.00. The predicted octanol–water partition coefficient (Wildman–Crippen LogP) is 2.08. The van der Waals surface area contributed by atoms with Crippen LogP contribution in [-0.4, -0.2) is 36.0 Å². The Labute approximate surface area is 105 Å². The molecule has 3 atom stereocenters. The summed E-state index contributed by atoms with van der Waals surface area (Å²) < 4.78 is 5.95. The van der Waals surface area contributed by atoms with E-state index in [2.05, 4.69) is 19.2 Å². The third kappa shape index (κ3) is 4.23. The van der Waals surface area contributed by atoms with E-state index in [-0.39, 0.29) is 11.7 Å². The van der Waals surface area contributed by atoms with Crippen LogP contribution < -0.4 is 5.32 Å². The fourth-order valence-electron chi connectivity index (χ4n) is 3.12. The van der Waals surface area contributed by atoms with Gasteiger partial charge in [0.15, 0.2) is 0 Å². The van der Waals surface area contributed by atoms with Gasteiger partial charge in [-0.2, -0.15) is 0 Å². The van der Waals surface area contributed by atoms with Crippen molar-refractivity contribution in [3.05, 3.63) is 0 Å². The molecule has 1 aliphatic carbocycles. The van der Waals surface area contributed by atoms with E-state index in [0.717, 1.165) is 25.9 Å². The normalized spacial score (nSPS) is 37.2. The summed E-state index contributed by atoms with van der Waals surface area (Å²) in [6, 6.07) is 0. The summed E-state index contributed by atoms with van der Waals surface area (Å²) in [5.74, 6) is 0.660. The smallest absolute Gasteiger partial charge is 0.0707 e. The van der Waals surface area contributed by atoms with Crippen molar-refractivity contribution in [1.29, 1.82) is 0 Å². The highest BCUT2D eigenvalue weighted by atomic mass is 16.5. The Morgan fingerprint density at radius 2 is 2.06 bits per heavy atom. The van der Waals surface area contributed by atoms with Gasteiger partial charge in [0, 0.05) is 6.54 Å². The Hall–Kier alpha value is -0.120. The second-order valence-electron chi connectivity index (χ2n) is 6.38. The molecule has 3 heteroatoms. The maximum atomic E-state index is 9.61. The van der Waals surface area contributed by atoms with Gasteiger partial charge in [0.05, 0.1) is 17.8 Å². The molecule has 1 saturated carbocycles. The molecule has 1 heterocycles. The molecule has 0 spiro atoms. The topological polar surface area (TPSA) is 41.5 Å². The lowest BCUT2D eigenvalue weighted by Gasteiger charge is -2.26. The van der Waals surface area contributed by atoms with Crippen molar-refractivity contribution in [3.63, 3.8) is 0 Å². The van der Waals surface area contributed by atoms with E-state index in [4.69, 9.17) is 4.74 Å². The van der Waals surface area contributed by atoms with E-state index < -0.39 is 0 Å². The SMILES string of the molecule is CC1(C)CCC(CNCC2CCCC(O)C2)O1. The zero-order valence-electron chi connectivity index (χ0n) is 11.2. The quantitative estimate of drug-likeness (QED) is 0.792. The second-order valence-corrected chi connectivity index (χ2v) is 6.38. The number of rotatable bonds is 4. The molecular formula is C14H27NO2. The van der Waals surface area contributed by atoms with Crippen LogP contribution in [0.2, 0.25) is 0 Å². The van der Waals surface area contributed by atoms with Crippen molar-refractivity contribution >= 4 is 0 Å². The van der Waals surface area contributed by atoms with E-state index in [1.54, 1.807) is 0 Å². The molecule has 0 radical (unpaired) electrons. The van der Waals surface area contributed by atoms with Crippen molar-refractivity contribution in [3.8, 4) is 0 Å². The minimum Gasteiger partial charge on any atom is -0.393 e. The maximum absolute atomic E-state index is 9.61. The Kier molecular flexibility index (Phi) is 4.45. The highest BCUT2D eigenvalue weighted by Crippen LogP contribution is 2.29. The van der Waals surface area contributed by atoms with E-state index in [1.165, 1.54) is 25.7 Å². The molecule has 0 aromatic rings. The lowest BCUT2D eigenvalue weighted by atomic mass is 9.87. The van der Waals surface area contributed by atoms with Crippen LogP contribution in [0.3, 0.4) is 0 Å². The molecule has 1 aliphatic heterocycles. The van der Waals surface area contributed by atoms with E-state index in [9.17, 15) is 5.11 Å². The Balaban J connectivity index is 1.60. The van der Waals surface area contributed by atoms with Gasteiger partial charge in [-0.15, -0.1) is 0 Å². The van der Waals surface area contributed by atoms with Gasteiger partial charge in [0.25, 0.3) is 0 Å². The summed E-state index contributed by atoms with van der Waals surface area (Å²) in [5, 5.41) is 13.1. The average Bonchev–Trinajstić information content (AvgIpc) is 2.58. The van der Waals surface area contributed by atoms with Crippen LogP contribution in [0.4, 0.5) is 0 Å².